The van der Waals surface area contributed by atoms with E-state index in [1.54, 1.807) is 24.3 Å². The van der Waals surface area contributed by atoms with Gasteiger partial charge in [0.25, 0.3) is 0 Å². The highest BCUT2D eigenvalue weighted by Gasteiger charge is 2.06. The number of anilines is 1. The fourth-order valence-electron chi connectivity index (χ4n) is 1.99. The van der Waals surface area contributed by atoms with Crippen LogP contribution in [-0.4, -0.2) is 17.8 Å². The van der Waals surface area contributed by atoms with Gasteiger partial charge in [-0.15, -0.1) is 11.8 Å². The van der Waals surface area contributed by atoms with E-state index >= 15 is 0 Å². The molecule has 0 atom stereocenters. The van der Waals surface area contributed by atoms with Crippen LogP contribution < -0.4 is 10.1 Å². The molecule has 5 heteroatoms. The number of rotatable bonds is 7. The molecular weight excluding hydrogens is 313 g/mol. The van der Waals surface area contributed by atoms with E-state index in [-0.39, 0.29) is 23.6 Å². The average Bonchev–Trinajstić information content (AvgIpc) is 2.49. The topological polar surface area (TPSA) is 38.3 Å². The Labute approximate surface area is 140 Å². The lowest BCUT2D eigenvalue weighted by atomic mass is 10.2. The molecule has 2 aromatic rings. The van der Waals surface area contributed by atoms with Crippen LogP contribution in [0.25, 0.3) is 0 Å². The number of ether oxygens (including phenoxy) is 1. The van der Waals surface area contributed by atoms with Crippen LogP contribution in [0.3, 0.4) is 0 Å². The van der Waals surface area contributed by atoms with Gasteiger partial charge in [-0.25, -0.2) is 4.39 Å². The number of carbonyl (C=O) groups is 1. The molecule has 0 aliphatic rings. The normalized spacial score (nSPS) is 10.6. The summed E-state index contributed by atoms with van der Waals surface area (Å²) in [5.41, 5.74) is 1.30. The van der Waals surface area contributed by atoms with Gasteiger partial charge < -0.3 is 10.1 Å². The predicted octanol–water partition coefficient (Wildman–Crippen LogP) is 4.48. The molecule has 1 amide bonds. The number of hydrogen-bond acceptors (Lipinski definition) is 3. The number of nitrogens with one attached hydrogen (secondary N) is 1. The van der Waals surface area contributed by atoms with Crippen molar-refractivity contribution in [2.24, 2.45) is 0 Å². The Morgan fingerprint density at radius 1 is 1.22 bits per heavy atom. The SMILES string of the molecule is CC(C)Oc1cccc(NC(=O)CSCc2ccccc2F)c1. The first kappa shape index (κ1) is 17.3. The summed E-state index contributed by atoms with van der Waals surface area (Å²) in [6, 6.07) is 13.9. The molecule has 0 bridgehead atoms. The van der Waals surface area contributed by atoms with Gasteiger partial charge in [-0.3, -0.25) is 4.79 Å². The van der Waals surface area contributed by atoms with Crippen molar-refractivity contribution in [2.75, 3.05) is 11.1 Å². The molecule has 0 saturated heterocycles. The highest BCUT2D eigenvalue weighted by atomic mass is 32.2. The van der Waals surface area contributed by atoms with Crippen molar-refractivity contribution in [3.05, 3.63) is 59.9 Å². The second-order valence-corrected chi connectivity index (χ2v) is 6.31. The minimum atomic E-state index is -0.237. The first-order chi connectivity index (χ1) is 11.0. The number of carbonyl (C=O) groups excluding carboxylic acids is 1. The maximum Gasteiger partial charge on any atom is 0.234 e. The molecule has 0 unspecified atom stereocenters. The maximum absolute atomic E-state index is 13.5. The molecule has 0 aliphatic heterocycles. The van der Waals surface area contributed by atoms with Crippen molar-refractivity contribution in [2.45, 2.75) is 25.7 Å². The van der Waals surface area contributed by atoms with Crippen LogP contribution in [0.4, 0.5) is 10.1 Å². The van der Waals surface area contributed by atoms with Crippen molar-refractivity contribution in [1.82, 2.24) is 0 Å². The summed E-state index contributed by atoms with van der Waals surface area (Å²) in [5.74, 6) is 1.10. The minimum absolute atomic E-state index is 0.0808. The first-order valence-corrected chi connectivity index (χ1v) is 8.58. The molecule has 0 aromatic heterocycles. The molecule has 0 fully saturated rings. The molecule has 0 radical (unpaired) electrons. The summed E-state index contributed by atoms with van der Waals surface area (Å²) in [6.45, 7) is 3.90. The first-order valence-electron chi connectivity index (χ1n) is 7.42. The van der Waals surface area contributed by atoms with Gasteiger partial charge in [-0.1, -0.05) is 24.3 Å². The average molecular weight is 333 g/mol. The Balaban J connectivity index is 1.82. The fraction of sp³-hybridized carbons (Fsp3) is 0.278. The summed E-state index contributed by atoms with van der Waals surface area (Å²) in [7, 11) is 0. The van der Waals surface area contributed by atoms with Gasteiger partial charge in [0.1, 0.15) is 11.6 Å². The Morgan fingerprint density at radius 2 is 2.00 bits per heavy atom. The molecule has 2 aromatic carbocycles. The quantitative estimate of drug-likeness (QED) is 0.811. The summed E-state index contributed by atoms with van der Waals surface area (Å²) < 4.78 is 19.1. The fourth-order valence-corrected chi connectivity index (χ4v) is 2.80. The Kier molecular flexibility index (Phi) is 6.47. The molecule has 0 heterocycles. The highest BCUT2D eigenvalue weighted by Crippen LogP contribution is 2.19. The van der Waals surface area contributed by atoms with Crippen molar-refractivity contribution < 1.29 is 13.9 Å². The van der Waals surface area contributed by atoms with Gasteiger partial charge in [0.2, 0.25) is 5.91 Å². The van der Waals surface area contributed by atoms with Crippen molar-refractivity contribution in [3.63, 3.8) is 0 Å². The summed E-state index contributed by atoms with van der Waals surface area (Å²) >= 11 is 1.38. The van der Waals surface area contributed by atoms with Crippen molar-refractivity contribution in [1.29, 1.82) is 0 Å². The van der Waals surface area contributed by atoms with Gasteiger partial charge in [-0.2, -0.15) is 0 Å². The van der Waals surface area contributed by atoms with Crippen LogP contribution in [-0.2, 0) is 10.5 Å². The van der Waals surface area contributed by atoms with Crippen LogP contribution in [0.2, 0.25) is 0 Å². The van der Waals surface area contributed by atoms with Crippen LogP contribution in [0, 0.1) is 5.82 Å². The summed E-state index contributed by atoms with van der Waals surface area (Å²) in [5, 5.41) is 2.82. The number of hydrogen-bond donors (Lipinski definition) is 1. The third-order valence-electron chi connectivity index (χ3n) is 2.94. The molecule has 2 rings (SSSR count). The van der Waals surface area contributed by atoms with Gasteiger partial charge in [-0.05, 0) is 37.6 Å². The molecule has 0 spiro atoms. The Bertz CT molecular complexity index is 661. The lowest BCUT2D eigenvalue weighted by Gasteiger charge is -2.11. The third-order valence-corrected chi connectivity index (χ3v) is 3.92. The van der Waals surface area contributed by atoms with Crippen LogP contribution in [0.1, 0.15) is 19.4 Å². The summed E-state index contributed by atoms with van der Waals surface area (Å²) in [6.07, 6.45) is 0.0808. The summed E-state index contributed by atoms with van der Waals surface area (Å²) in [4.78, 5) is 12.0. The second kappa shape index (κ2) is 8.58. The van der Waals surface area contributed by atoms with Crippen molar-refractivity contribution >= 4 is 23.4 Å². The zero-order valence-corrected chi connectivity index (χ0v) is 14.0. The largest absolute Gasteiger partial charge is 0.491 e. The molecule has 23 heavy (non-hydrogen) atoms. The number of halogens is 1. The second-order valence-electron chi connectivity index (χ2n) is 5.33. The molecule has 1 N–H and O–H groups in total. The smallest absolute Gasteiger partial charge is 0.234 e. The number of amides is 1. The van der Waals surface area contributed by atoms with E-state index in [1.165, 1.54) is 17.8 Å². The molecule has 0 saturated carbocycles. The van der Waals surface area contributed by atoms with Gasteiger partial charge in [0, 0.05) is 17.5 Å². The molecule has 3 nitrogen and oxygen atoms in total. The van der Waals surface area contributed by atoms with E-state index in [2.05, 4.69) is 5.32 Å². The lowest BCUT2D eigenvalue weighted by molar-refractivity contribution is -0.113. The van der Waals surface area contributed by atoms with E-state index in [0.717, 1.165) is 5.75 Å². The zero-order valence-electron chi connectivity index (χ0n) is 13.2. The van der Waals surface area contributed by atoms with E-state index in [1.807, 2.05) is 32.0 Å². The van der Waals surface area contributed by atoms with E-state index in [9.17, 15) is 9.18 Å². The van der Waals surface area contributed by atoms with Gasteiger partial charge in [0.15, 0.2) is 0 Å². The third kappa shape index (κ3) is 5.94. The van der Waals surface area contributed by atoms with E-state index < -0.39 is 0 Å². The van der Waals surface area contributed by atoms with Gasteiger partial charge >= 0.3 is 0 Å². The number of thioether (sulfide) groups is 1. The Hall–Kier alpha value is -2.01. The zero-order chi connectivity index (χ0) is 16.7. The van der Waals surface area contributed by atoms with Crippen LogP contribution in [0.15, 0.2) is 48.5 Å². The van der Waals surface area contributed by atoms with Crippen LogP contribution >= 0.6 is 11.8 Å². The predicted molar refractivity (Wildman–Crippen MR) is 93.4 cm³/mol. The molecular formula is C18H20FNO2S. The standard InChI is InChI=1S/C18H20FNO2S/c1-13(2)22-16-8-5-7-15(10-16)20-18(21)12-23-11-14-6-3-4-9-17(14)19/h3-10,13H,11-12H2,1-2H3,(H,20,21). The van der Waals surface area contributed by atoms with Crippen LogP contribution in [0.5, 0.6) is 5.75 Å². The van der Waals surface area contributed by atoms with Gasteiger partial charge in [0.05, 0.1) is 11.9 Å². The molecule has 122 valence electrons. The lowest BCUT2D eigenvalue weighted by Crippen LogP contribution is -2.14. The van der Waals surface area contributed by atoms with E-state index in [4.69, 9.17) is 4.74 Å². The monoisotopic (exact) mass is 333 g/mol. The van der Waals surface area contributed by atoms with E-state index in [0.29, 0.717) is 17.0 Å². The molecule has 0 aliphatic carbocycles. The number of benzene rings is 2. The maximum atomic E-state index is 13.5. The highest BCUT2D eigenvalue weighted by molar-refractivity contribution is 7.99. The van der Waals surface area contributed by atoms with Crippen molar-refractivity contribution in [3.8, 4) is 5.75 Å². The minimum Gasteiger partial charge on any atom is -0.491 e. The Morgan fingerprint density at radius 3 is 2.74 bits per heavy atom.